The molecule has 0 aromatic carbocycles. The second-order valence-electron chi connectivity index (χ2n) is 8.06. The van der Waals surface area contributed by atoms with E-state index in [9.17, 15) is 9.90 Å². The molecule has 3 atom stereocenters. The summed E-state index contributed by atoms with van der Waals surface area (Å²) in [6, 6.07) is 0. The predicted octanol–water partition coefficient (Wildman–Crippen LogP) is 4.50. The highest BCUT2D eigenvalue weighted by Crippen LogP contribution is 2.44. The van der Waals surface area contributed by atoms with Crippen LogP contribution >= 0.6 is 12.4 Å². The Hall–Kier alpha value is -0.280. The molecular formula is C18H34ClNO2. The van der Waals surface area contributed by atoms with Gasteiger partial charge in [0, 0.05) is 6.54 Å². The smallest absolute Gasteiger partial charge is 0.303 e. The lowest BCUT2D eigenvalue weighted by Gasteiger charge is -2.42. The van der Waals surface area contributed by atoms with Crippen molar-refractivity contribution in [1.82, 2.24) is 5.32 Å². The Morgan fingerprint density at radius 1 is 1.14 bits per heavy atom. The molecule has 2 rings (SSSR count). The predicted molar refractivity (Wildman–Crippen MR) is 93.6 cm³/mol. The van der Waals surface area contributed by atoms with Gasteiger partial charge in [-0.3, -0.25) is 4.79 Å². The van der Waals surface area contributed by atoms with E-state index in [1.54, 1.807) is 0 Å². The van der Waals surface area contributed by atoms with Crippen molar-refractivity contribution in [2.24, 2.45) is 23.2 Å². The zero-order valence-corrected chi connectivity index (χ0v) is 15.1. The number of carboxylic acids is 1. The molecule has 3 nitrogen and oxygen atoms in total. The molecule has 0 aromatic heterocycles. The van der Waals surface area contributed by atoms with Gasteiger partial charge in [-0.05, 0) is 61.8 Å². The van der Waals surface area contributed by atoms with Gasteiger partial charge in [-0.2, -0.15) is 0 Å². The van der Waals surface area contributed by atoms with Gasteiger partial charge in [0.1, 0.15) is 0 Å². The zero-order valence-electron chi connectivity index (χ0n) is 14.3. The molecule has 0 bridgehead atoms. The lowest BCUT2D eigenvalue weighted by Crippen LogP contribution is -2.43. The fraction of sp³-hybridized carbons (Fsp3) is 0.944. The Bertz CT molecular complexity index is 332. The second kappa shape index (κ2) is 9.12. The van der Waals surface area contributed by atoms with E-state index < -0.39 is 5.97 Å². The van der Waals surface area contributed by atoms with Crippen molar-refractivity contribution >= 4 is 18.4 Å². The Labute approximate surface area is 142 Å². The summed E-state index contributed by atoms with van der Waals surface area (Å²) in [5, 5.41) is 13.0. The van der Waals surface area contributed by atoms with Crippen LogP contribution in [0.4, 0.5) is 0 Å². The van der Waals surface area contributed by atoms with Crippen LogP contribution in [0.25, 0.3) is 0 Å². The summed E-state index contributed by atoms with van der Waals surface area (Å²) >= 11 is 0. The highest BCUT2D eigenvalue weighted by atomic mass is 35.5. The van der Waals surface area contributed by atoms with Gasteiger partial charge in [-0.15, -0.1) is 12.4 Å². The van der Waals surface area contributed by atoms with Crippen LogP contribution in [0, 0.1) is 23.2 Å². The van der Waals surface area contributed by atoms with Crippen LogP contribution in [0.1, 0.15) is 71.6 Å². The molecule has 0 radical (unpaired) electrons. The molecule has 0 spiro atoms. The van der Waals surface area contributed by atoms with Gasteiger partial charge >= 0.3 is 5.97 Å². The molecule has 1 unspecified atom stereocenters. The quantitative estimate of drug-likeness (QED) is 0.753. The number of carbonyl (C=O) groups is 1. The summed E-state index contributed by atoms with van der Waals surface area (Å²) in [5.41, 5.74) is -0.0163. The largest absolute Gasteiger partial charge is 0.481 e. The fourth-order valence-electron chi connectivity index (χ4n) is 5.02. The molecule has 4 heteroatoms. The molecule has 0 aliphatic heterocycles. The van der Waals surface area contributed by atoms with Gasteiger partial charge in [0.05, 0.1) is 6.42 Å². The normalized spacial score (nSPS) is 33.2. The zero-order chi connectivity index (χ0) is 15.3. The van der Waals surface area contributed by atoms with Gasteiger partial charge in [-0.25, -0.2) is 0 Å². The highest BCUT2D eigenvalue weighted by molar-refractivity contribution is 5.85. The lowest BCUT2D eigenvalue weighted by molar-refractivity contribution is -0.140. The average molecular weight is 332 g/mol. The van der Waals surface area contributed by atoms with Gasteiger partial charge in [0.2, 0.25) is 0 Å². The van der Waals surface area contributed by atoms with Crippen LogP contribution in [-0.4, -0.2) is 24.2 Å². The first-order valence-electron chi connectivity index (χ1n) is 8.92. The summed E-state index contributed by atoms with van der Waals surface area (Å²) in [7, 11) is 0. The van der Waals surface area contributed by atoms with Crippen molar-refractivity contribution in [3.05, 3.63) is 0 Å². The summed E-state index contributed by atoms with van der Waals surface area (Å²) in [4.78, 5) is 11.3. The first-order valence-corrected chi connectivity index (χ1v) is 8.92. The number of rotatable bonds is 6. The molecule has 2 fully saturated rings. The standard InChI is InChI=1S/C18H33NO2.ClH/c1-14-8-15(2)10-18(9-14,11-17(20)21)13-19-12-16-6-4-3-5-7-16;/h14-16,19H,3-13H2,1-2H3,(H,20,21);1H/t14-,15+,18?;. The molecule has 22 heavy (non-hydrogen) atoms. The summed E-state index contributed by atoms with van der Waals surface area (Å²) in [6.07, 6.45) is 10.6. The van der Waals surface area contributed by atoms with E-state index >= 15 is 0 Å². The third-order valence-electron chi connectivity index (χ3n) is 5.55. The van der Waals surface area contributed by atoms with Gasteiger partial charge in [0.15, 0.2) is 0 Å². The van der Waals surface area contributed by atoms with Crippen LogP contribution in [0.2, 0.25) is 0 Å². The van der Waals surface area contributed by atoms with Crippen LogP contribution in [-0.2, 0) is 4.79 Å². The third kappa shape index (κ3) is 6.08. The van der Waals surface area contributed by atoms with Crippen molar-refractivity contribution in [3.63, 3.8) is 0 Å². The van der Waals surface area contributed by atoms with Crippen molar-refractivity contribution in [3.8, 4) is 0 Å². The number of nitrogens with one attached hydrogen (secondary N) is 1. The summed E-state index contributed by atoms with van der Waals surface area (Å²) in [6.45, 7) is 6.55. The first kappa shape index (κ1) is 19.8. The number of hydrogen-bond acceptors (Lipinski definition) is 2. The van der Waals surface area contributed by atoms with E-state index in [4.69, 9.17) is 0 Å². The van der Waals surface area contributed by atoms with Gasteiger partial charge in [0.25, 0.3) is 0 Å². The molecular weight excluding hydrogens is 298 g/mol. The molecule has 0 saturated heterocycles. The van der Waals surface area contributed by atoms with E-state index in [1.165, 1.54) is 38.5 Å². The maximum absolute atomic E-state index is 11.3. The molecule has 0 aromatic rings. The third-order valence-corrected chi connectivity index (χ3v) is 5.55. The van der Waals surface area contributed by atoms with Gasteiger partial charge < -0.3 is 10.4 Å². The van der Waals surface area contributed by atoms with E-state index in [-0.39, 0.29) is 17.8 Å². The molecule has 2 N–H and O–H groups in total. The van der Waals surface area contributed by atoms with Gasteiger partial charge in [-0.1, -0.05) is 33.1 Å². The number of halogens is 1. The average Bonchev–Trinajstić information content (AvgIpc) is 2.37. The summed E-state index contributed by atoms with van der Waals surface area (Å²) < 4.78 is 0. The molecule has 2 aliphatic rings. The maximum atomic E-state index is 11.3. The van der Waals surface area contributed by atoms with E-state index in [2.05, 4.69) is 19.2 Å². The van der Waals surface area contributed by atoms with E-state index in [0.29, 0.717) is 18.3 Å². The van der Waals surface area contributed by atoms with E-state index in [0.717, 1.165) is 31.8 Å². The van der Waals surface area contributed by atoms with Crippen molar-refractivity contribution in [2.75, 3.05) is 13.1 Å². The highest BCUT2D eigenvalue weighted by Gasteiger charge is 2.39. The lowest BCUT2D eigenvalue weighted by atomic mass is 9.64. The van der Waals surface area contributed by atoms with Crippen LogP contribution < -0.4 is 5.32 Å². The number of carboxylic acid groups (broad SMARTS) is 1. The Balaban J connectivity index is 0.00000242. The number of hydrogen-bond donors (Lipinski definition) is 2. The van der Waals surface area contributed by atoms with Crippen LogP contribution in [0.3, 0.4) is 0 Å². The Morgan fingerprint density at radius 3 is 2.27 bits per heavy atom. The minimum absolute atomic E-state index is 0. The topological polar surface area (TPSA) is 49.3 Å². The van der Waals surface area contributed by atoms with E-state index in [1.807, 2.05) is 0 Å². The minimum Gasteiger partial charge on any atom is -0.481 e. The van der Waals surface area contributed by atoms with Crippen molar-refractivity contribution in [2.45, 2.75) is 71.6 Å². The van der Waals surface area contributed by atoms with Crippen molar-refractivity contribution in [1.29, 1.82) is 0 Å². The summed E-state index contributed by atoms with van der Waals surface area (Å²) in [5.74, 6) is 1.50. The Kier molecular flexibility index (Phi) is 8.20. The first-order chi connectivity index (χ1) is 9.99. The molecule has 0 heterocycles. The number of aliphatic carboxylic acids is 1. The molecule has 0 amide bonds. The second-order valence-corrected chi connectivity index (χ2v) is 8.06. The minimum atomic E-state index is -0.629. The molecule has 130 valence electrons. The van der Waals surface area contributed by atoms with Crippen LogP contribution in [0.15, 0.2) is 0 Å². The van der Waals surface area contributed by atoms with Crippen LogP contribution in [0.5, 0.6) is 0 Å². The monoisotopic (exact) mass is 331 g/mol. The SMILES string of the molecule is C[C@@H]1C[C@H](C)CC(CNCC2CCCCC2)(CC(=O)O)C1.Cl. The molecule has 2 aliphatic carbocycles. The molecule has 2 saturated carbocycles. The Morgan fingerprint density at radius 2 is 1.73 bits per heavy atom. The fourth-order valence-corrected chi connectivity index (χ4v) is 5.02. The van der Waals surface area contributed by atoms with Crippen molar-refractivity contribution < 1.29 is 9.90 Å². The maximum Gasteiger partial charge on any atom is 0.303 e.